The standard InChI is InChI=1S/C17H26F3NO2.C2H6/c1-11(2)21-13(4)14-9-15(17(18,19)20)12(3)16(10-14)23-8-6-7-22-5;1-2/h9-11,13,21H,6-8H2,1-5H3;1-2H3. The fraction of sp³-hybridized carbons (Fsp3) is 0.684. The minimum absolute atomic E-state index is 0.121. The van der Waals surface area contributed by atoms with Crippen molar-refractivity contribution in [3.63, 3.8) is 0 Å². The Bertz CT molecular complexity index is 502. The fourth-order valence-electron chi connectivity index (χ4n) is 2.38. The molecule has 1 N–H and O–H groups in total. The zero-order valence-electron chi connectivity index (χ0n) is 16.4. The molecule has 1 atom stereocenters. The second-order valence-corrected chi connectivity index (χ2v) is 5.93. The Kier molecular flexibility index (Phi) is 10.8. The van der Waals surface area contributed by atoms with E-state index >= 15 is 0 Å². The van der Waals surface area contributed by atoms with Gasteiger partial charge in [-0.3, -0.25) is 0 Å². The zero-order chi connectivity index (χ0) is 19.6. The molecule has 0 fully saturated rings. The molecule has 25 heavy (non-hydrogen) atoms. The molecule has 1 aromatic rings. The molecule has 6 heteroatoms. The first kappa shape index (κ1) is 23.7. The van der Waals surface area contributed by atoms with Crippen molar-refractivity contribution in [2.45, 2.75) is 66.2 Å². The van der Waals surface area contributed by atoms with Crippen molar-refractivity contribution in [2.24, 2.45) is 0 Å². The predicted octanol–water partition coefficient (Wildman–Crippen LogP) is 5.51. The number of hydrogen-bond acceptors (Lipinski definition) is 3. The molecule has 0 saturated heterocycles. The van der Waals surface area contributed by atoms with E-state index in [-0.39, 0.29) is 23.4 Å². The van der Waals surface area contributed by atoms with Gasteiger partial charge in [0.25, 0.3) is 0 Å². The SMILES string of the molecule is CC.COCCCOc1cc(C(C)NC(C)C)cc(C(F)(F)F)c1C. The van der Waals surface area contributed by atoms with Crippen LogP contribution in [0.15, 0.2) is 12.1 Å². The number of ether oxygens (including phenoxy) is 2. The largest absolute Gasteiger partial charge is 0.493 e. The van der Waals surface area contributed by atoms with E-state index < -0.39 is 11.7 Å². The third-order valence-electron chi connectivity index (χ3n) is 3.52. The Hall–Kier alpha value is -1.27. The van der Waals surface area contributed by atoms with Crippen LogP contribution in [0, 0.1) is 6.92 Å². The molecule has 1 aromatic carbocycles. The molecule has 0 saturated carbocycles. The summed E-state index contributed by atoms with van der Waals surface area (Å²) in [4.78, 5) is 0. The van der Waals surface area contributed by atoms with E-state index in [0.717, 1.165) is 0 Å². The van der Waals surface area contributed by atoms with Gasteiger partial charge in [-0.2, -0.15) is 13.2 Å². The van der Waals surface area contributed by atoms with Crippen molar-refractivity contribution in [3.8, 4) is 5.75 Å². The summed E-state index contributed by atoms with van der Waals surface area (Å²) in [6.45, 7) is 12.0. The van der Waals surface area contributed by atoms with Crippen molar-refractivity contribution in [1.29, 1.82) is 0 Å². The van der Waals surface area contributed by atoms with Crippen molar-refractivity contribution in [1.82, 2.24) is 5.32 Å². The van der Waals surface area contributed by atoms with Gasteiger partial charge in [-0.1, -0.05) is 27.7 Å². The van der Waals surface area contributed by atoms with Crippen LogP contribution in [0.25, 0.3) is 0 Å². The molecule has 1 unspecified atom stereocenters. The average Bonchev–Trinajstić information content (AvgIpc) is 2.53. The van der Waals surface area contributed by atoms with Gasteiger partial charge < -0.3 is 14.8 Å². The maximum atomic E-state index is 13.3. The summed E-state index contributed by atoms with van der Waals surface area (Å²) in [7, 11) is 1.58. The van der Waals surface area contributed by atoms with Gasteiger partial charge >= 0.3 is 6.18 Å². The Morgan fingerprint density at radius 3 is 2.16 bits per heavy atom. The monoisotopic (exact) mass is 363 g/mol. The summed E-state index contributed by atoms with van der Waals surface area (Å²) in [5.41, 5.74) is 0.0444. The van der Waals surface area contributed by atoms with E-state index in [1.54, 1.807) is 13.2 Å². The molecular formula is C19H32F3NO2. The molecule has 0 amide bonds. The Labute approximate surface area is 149 Å². The summed E-state index contributed by atoms with van der Waals surface area (Å²) < 4.78 is 50.3. The normalized spacial score (nSPS) is 12.6. The Morgan fingerprint density at radius 1 is 1.08 bits per heavy atom. The topological polar surface area (TPSA) is 30.5 Å². The molecule has 0 aliphatic rings. The minimum atomic E-state index is -4.40. The summed E-state index contributed by atoms with van der Waals surface area (Å²) in [5, 5.41) is 3.22. The van der Waals surface area contributed by atoms with E-state index in [9.17, 15) is 13.2 Å². The van der Waals surface area contributed by atoms with Crippen LogP contribution in [0.2, 0.25) is 0 Å². The van der Waals surface area contributed by atoms with Crippen LogP contribution in [-0.4, -0.2) is 26.4 Å². The highest BCUT2D eigenvalue weighted by Crippen LogP contribution is 2.38. The van der Waals surface area contributed by atoms with Gasteiger partial charge in [0, 0.05) is 37.8 Å². The predicted molar refractivity (Wildman–Crippen MR) is 96.2 cm³/mol. The summed E-state index contributed by atoms with van der Waals surface area (Å²) in [6, 6.07) is 2.87. The molecule has 0 spiro atoms. The minimum Gasteiger partial charge on any atom is -0.493 e. The summed E-state index contributed by atoms with van der Waals surface area (Å²) in [5.74, 6) is 0.281. The lowest BCUT2D eigenvalue weighted by molar-refractivity contribution is -0.138. The van der Waals surface area contributed by atoms with E-state index in [0.29, 0.717) is 25.2 Å². The fourth-order valence-corrected chi connectivity index (χ4v) is 2.38. The third-order valence-corrected chi connectivity index (χ3v) is 3.52. The van der Waals surface area contributed by atoms with Gasteiger partial charge in [-0.25, -0.2) is 0 Å². The molecule has 146 valence electrons. The second kappa shape index (κ2) is 11.4. The van der Waals surface area contributed by atoms with Crippen LogP contribution < -0.4 is 10.1 Å². The van der Waals surface area contributed by atoms with Gasteiger partial charge in [0.1, 0.15) is 5.75 Å². The van der Waals surface area contributed by atoms with Crippen LogP contribution in [-0.2, 0) is 10.9 Å². The maximum absolute atomic E-state index is 13.3. The highest BCUT2D eigenvalue weighted by atomic mass is 19.4. The Morgan fingerprint density at radius 2 is 1.68 bits per heavy atom. The van der Waals surface area contributed by atoms with E-state index in [4.69, 9.17) is 9.47 Å². The van der Waals surface area contributed by atoms with Crippen molar-refractivity contribution in [2.75, 3.05) is 20.3 Å². The molecule has 0 aliphatic carbocycles. The molecule has 0 heterocycles. The molecule has 0 radical (unpaired) electrons. The molecule has 0 bridgehead atoms. The zero-order valence-corrected chi connectivity index (χ0v) is 16.4. The smallest absolute Gasteiger partial charge is 0.416 e. The van der Waals surface area contributed by atoms with E-state index in [1.165, 1.54) is 13.0 Å². The lowest BCUT2D eigenvalue weighted by Gasteiger charge is -2.22. The van der Waals surface area contributed by atoms with Gasteiger partial charge in [0.05, 0.1) is 12.2 Å². The number of rotatable bonds is 8. The first-order valence-electron chi connectivity index (χ1n) is 8.76. The molecule has 0 aliphatic heterocycles. The molecule has 0 aromatic heterocycles. The van der Waals surface area contributed by atoms with Crippen LogP contribution in [0.3, 0.4) is 0 Å². The molecule has 1 rings (SSSR count). The maximum Gasteiger partial charge on any atom is 0.416 e. The summed E-state index contributed by atoms with van der Waals surface area (Å²) in [6.07, 6.45) is -3.77. The van der Waals surface area contributed by atoms with Crippen LogP contribution in [0.5, 0.6) is 5.75 Å². The van der Waals surface area contributed by atoms with Crippen molar-refractivity contribution in [3.05, 3.63) is 28.8 Å². The number of hydrogen-bond donors (Lipinski definition) is 1. The number of benzene rings is 1. The number of halogens is 3. The lowest BCUT2D eigenvalue weighted by atomic mass is 9.99. The average molecular weight is 363 g/mol. The quantitative estimate of drug-likeness (QED) is 0.617. The van der Waals surface area contributed by atoms with Crippen molar-refractivity contribution >= 4 is 0 Å². The number of methoxy groups -OCH3 is 1. The van der Waals surface area contributed by atoms with Gasteiger partial charge in [0.2, 0.25) is 0 Å². The Balaban J connectivity index is 0.00000277. The molecule has 3 nitrogen and oxygen atoms in total. The number of alkyl halides is 3. The number of nitrogens with one attached hydrogen (secondary N) is 1. The second-order valence-electron chi connectivity index (χ2n) is 5.93. The first-order chi connectivity index (χ1) is 11.7. The third kappa shape index (κ3) is 8.10. The first-order valence-corrected chi connectivity index (χ1v) is 8.76. The van der Waals surface area contributed by atoms with Gasteiger partial charge in [-0.15, -0.1) is 0 Å². The lowest BCUT2D eigenvalue weighted by Crippen LogP contribution is -2.26. The summed E-state index contributed by atoms with van der Waals surface area (Å²) >= 11 is 0. The van der Waals surface area contributed by atoms with E-state index in [1.807, 2.05) is 34.6 Å². The van der Waals surface area contributed by atoms with Crippen molar-refractivity contribution < 1.29 is 22.6 Å². The highest BCUT2D eigenvalue weighted by molar-refractivity contribution is 5.45. The molecular weight excluding hydrogens is 331 g/mol. The van der Waals surface area contributed by atoms with Crippen LogP contribution >= 0.6 is 0 Å². The van der Waals surface area contributed by atoms with Gasteiger partial charge in [0.15, 0.2) is 0 Å². The van der Waals surface area contributed by atoms with Gasteiger partial charge in [-0.05, 0) is 31.5 Å². The van der Waals surface area contributed by atoms with E-state index in [2.05, 4.69) is 5.32 Å². The van der Waals surface area contributed by atoms with Crippen LogP contribution in [0.1, 0.15) is 63.8 Å². The van der Waals surface area contributed by atoms with Crippen LogP contribution in [0.4, 0.5) is 13.2 Å². The highest BCUT2D eigenvalue weighted by Gasteiger charge is 2.34.